The lowest BCUT2D eigenvalue weighted by Crippen LogP contribution is -2.40. The van der Waals surface area contributed by atoms with Crippen molar-refractivity contribution in [1.82, 2.24) is 10.2 Å². The molecule has 0 radical (unpaired) electrons. The summed E-state index contributed by atoms with van der Waals surface area (Å²) in [6, 6.07) is -0.151. The van der Waals surface area contributed by atoms with Crippen molar-refractivity contribution in [3.63, 3.8) is 0 Å². The Bertz CT molecular complexity index is 126. The Balaban J connectivity index is 3.52. The molecule has 0 fully saturated rings. The number of nitrogens with zero attached hydrogens (tertiary/aromatic N) is 1. The number of aliphatic hydroxyl groups excluding tert-OH is 1. The van der Waals surface area contributed by atoms with Crippen molar-refractivity contribution in [2.45, 2.75) is 13.0 Å². The van der Waals surface area contributed by atoms with E-state index in [1.807, 2.05) is 14.1 Å². The summed E-state index contributed by atoms with van der Waals surface area (Å²) in [6.07, 6.45) is 0. The fraction of sp³-hybridized carbons (Fsp3) is 0.857. The monoisotopic (exact) mass is 160 g/mol. The first-order valence-electron chi connectivity index (χ1n) is 3.61. The van der Waals surface area contributed by atoms with E-state index in [1.165, 1.54) is 0 Å². The zero-order valence-corrected chi connectivity index (χ0v) is 7.29. The molecule has 0 saturated heterocycles. The molecular formula is C7H16N2O2. The summed E-state index contributed by atoms with van der Waals surface area (Å²) in [5.41, 5.74) is 0. The Morgan fingerprint density at radius 1 is 1.64 bits per heavy atom. The van der Waals surface area contributed by atoms with Gasteiger partial charge in [-0.2, -0.15) is 0 Å². The molecule has 0 aromatic rings. The topological polar surface area (TPSA) is 52.6 Å². The number of rotatable bonds is 4. The summed E-state index contributed by atoms with van der Waals surface area (Å²) in [5, 5.41) is 11.2. The number of hydrogen-bond acceptors (Lipinski definition) is 3. The minimum Gasteiger partial charge on any atom is -0.394 e. The molecule has 0 saturated carbocycles. The molecule has 11 heavy (non-hydrogen) atoms. The van der Waals surface area contributed by atoms with Gasteiger partial charge in [0, 0.05) is 6.04 Å². The highest BCUT2D eigenvalue weighted by Gasteiger charge is 2.05. The lowest BCUT2D eigenvalue weighted by Gasteiger charge is -2.13. The molecule has 0 spiro atoms. The van der Waals surface area contributed by atoms with Crippen LogP contribution in [0.2, 0.25) is 0 Å². The van der Waals surface area contributed by atoms with Crippen LogP contribution >= 0.6 is 0 Å². The van der Waals surface area contributed by atoms with Gasteiger partial charge in [-0.3, -0.25) is 4.79 Å². The normalized spacial score (nSPS) is 13.2. The van der Waals surface area contributed by atoms with E-state index in [-0.39, 0.29) is 18.6 Å². The first kappa shape index (κ1) is 10.4. The molecule has 1 amide bonds. The molecule has 0 aliphatic heterocycles. The van der Waals surface area contributed by atoms with E-state index in [0.29, 0.717) is 6.54 Å². The third-order valence-corrected chi connectivity index (χ3v) is 1.14. The van der Waals surface area contributed by atoms with Gasteiger partial charge in [-0.05, 0) is 21.0 Å². The quantitative estimate of drug-likeness (QED) is 0.557. The van der Waals surface area contributed by atoms with E-state index in [4.69, 9.17) is 5.11 Å². The van der Waals surface area contributed by atoms with Crippen LogP contribution in [0.5, 0.6) is 0 Å². The molecule has 0 rings (SSSR count). The molecule has 4 heteroatoms. The minimum absolute atomic E-state index is 0.0147. The van der Waals surface area contributed by atoms with Gasteiger partial charge in [0.25, 0.3) is 0 Å². The van der Waals surface area contributed by atoms with Gasteiger partial charge in [-0.1, -0.05) is 0 Å². The van der Waals surface area contributed by atoms with Crippen LogP contribution in [0, 0.1) is 0 Å². The van der Waals surface area contributed by atoms with E-state index in [1.54, 1.807) is 11.8 Å². The molecule has 0 aromatic heterocycles. The van der Waals surface area contributed by atoms with E-state index >= 15 is 0 Å². The number of carbonyl (C=O) groups is 1. The predicted octanol–water partition coefficient (Wildman–Crippen LogP) is -0.955. The molecule has 1 atom stereocenters. The molecule has 0 aliphatic rings. The third-order valence-electron chi connectivity index (χ3n) is 1.14. The van der Waals surface area contributed by atoms with E-state index in [2.05, 4.69) is 5.32 Å². The molecule has 0 aliphatic carbocycles. The smallest absolute Gasteiger partial charge is 0.234 e. The second-order valence-corrected chi connectivity index (χ2v) is 2.89. The third kappa shape index (κ3) is 5.82. The lowest BCUT2D eigenvalue weighted by molar-refractivity contribution is -0.122. The molecule has 66 valence electrons. The van der Waals surface area contributed by atoms with Crippen LogP contribution < -0.4 is 5.32 Å². The van der Waals surface area contributed by atoms with Crippen LogP contribution in [0.15, 0.2) is 0 Å². The summed E-state index contributed by atoms with van der Waals surface area (Å²) in [4.78, 5) is 12.7. The van der Waals surface area contributed by atoms with Crippen LogP contribution in [0.3, 0.4) is 0 Å². The Morgan fingerprint density at radius 2 is 2.18 bits per heavy atom. The maximum Gasteiger partial charge on any atom is 0.234 e. The average Bonchev–Trinajstić information content (AvgIpc) is 1.85. The molecule has 4 nitrogen and oxygen atoms in total. The fourth-order valence-corrected chi connectivity index (χ4v) is 0.653. The van der Waals surface area contributed by atoms with Crippen LogP contribution in [-0.2, 0) is 4.79 Å². The molecule has 0 aromatic carbocycles. The predicted molar refractivity (Wildman–Crippen MR) is 43.2 cm³/mol. The first-order chi connectivity index (χ1) is 5.06. The molecule has 0 bridgehead atoms. The van der Waals surface area contributed by atoms with Crippen molar-refractivity contribution in [2.75, 3.05) is 27.2 Å². The first-order valence-corrected chi connectivity index (χ1v) is 3.61. The number of hydrogen-bond donors (Lipinski definition) is 2. The van der Waals surface area contributed by atoms with Crippen molar-refractivity contribution in [3.8, 4) is 0 Å². The maximum absolute atomic E-state index is 11.0. The largest absolute Gasteiger partial charge is 0.394 e. The molecule has 0 heterocycles. The Labute approximate surface area is 67.2 Å². The summed E-state index contributed by atoms with van der Waals surface area (Å²) in [6.45, 7) is 2.11. The van der Waals surface area contributed by atoms with Gasteiger partial charge in [0.15, 0.2) is 0 Å². The Hall–Kier alpha value is -0.610. The summed E-state index contributed by atoms with van der Waals surface area (Å²) in [5.74, 6) is -0.0587. The minimum atomic E-state index is -0.151. The molecule has 0 unspecified atom stereocenters. The van der Waals surface area contributed by atoms with Crippen LogP contribution in [0.1, 0.15) is 6.92 Å². The average molecular weight is 160 g/mol. The number of amides is 1. The van der Waals surface area contributed by atoms with Gasteiger partial charge in [0.05, 0.1) is 13.2 Å². The standard InChI is InChI=1S/C7H16N2O2/c1-6(5-10)8-7(11)4-9(2)3/h6,10H,4-5H2,1-3H3,(H,8,11)/t6-/m1/s1. The zero-order valence-electron chi connectivity index (χ0n) is 7.29. The number of carbonyl (C=O) groups excluding carboxylic acids is 1. The highest BCUT2D eigenvalue weighted by molar-refractivity contribution is 5.78. The van der Waals surface area contributed by atoms with Gasteiger partial charge in [0.1, 0.15) is 0 Å². The van der Waals surface area contributed by atoms with E-state index < -0.39 is 0 Å². The number of nitrogens with one attached hydrogen (secondary N) is 1. The number of likely N-dealkylation sites (N-methyl/N-ethyl adjacent to an activating group) is 1. The van der Waals surface area contributed by atoms with Crippen LogP contribution in [0.25, 0.3) is 0 Å². The van der Waals surface area contributed by atoms with Crippen molar-refractivity contribution < 1.29 is 9.90 Å². The van der Waals surface area contributed by atoms with Gasteiger partial charge in [0.2, 0.25) is 5.91 Å². The lowest BCUT2D eigenvalue weighted by atomic mass is 10.3. The summed E-state index contributed by atoms with van der Waals surface area (Å²) >= 11 is 0. The molecule has 2 N–H and O–H groups in total. The number of aliphatic hydroxyl groups is 1. The SMILES string of the molecule is C[C@H](CO)NC(=O)CN(C)C. The second-order valence-electron chi connectivity index (χ2n) is 2.89. The van der Waals surface area contributed by atoms with Crippen LogP contribution in [-0.4, -0.2) is 49.2 Å². The summed E-state index contributed by atoms with van der Waals surface area (Å²) < 4.78 is 0. The van der Waals surface area contributed by atoms with Crippen molar-refractivity contribution in [3.05, 3.63) is 0 Å². The fourth-order valence-electron chi connectivity index (χ4n) is 0.653. The Kier molecular flexibility index (Phi) is 4.81. The van der Waals surface area contributed by atoms with Gasteiger partial charge in [-0.15, -0.1) is 0 Å². The van der Waals surface area contributed by atoms with Crippen LogP contribution in [0.4, 0.5) is 0 Å². The highest BCUT2D eigenvalue weighted by atomic mass is 16.3. The summed E-state index contributed by atoms with van der Waals surface area (Å²) in [7, 11) is 3.65. The Morgan fingerprint density at radius 3 is 2.55 bits per heavy atom. The van der Waals surface area contributed by atoms with Gasteiger partial charge in [-0.25, -0.2) is 0 Å². The van der Waals surface area contributed by atoms with Crippen molar-refractivity contribution in [2.24, 2.45) is 0 Å². The van der Waals surface area contributed by atoms with Crippen molar-refractivity contribution in [1.29, 1.82) is 0 Å². The highest BCUT2D eigenvalue weighted by Crippen LogP contribution is 1.80. The zero-order chi connectivity index (χ0) is 8.85. The van der Waals surface area contributed by atoms with Crippen molar-refractivity contribution >= 4 is 5.91 Å². The van der Waals surface area contributed by atoms with Gasteiger partial charge >= 0.3 is 0 Å². The second kappa shape index (κ2) is 5.09. The van der Waals surface area contributed by atoms with E-state index in [9.17, 15) is 4.79 Å². The van der Waals surface area contributed by atoms with Gasteiger partial charge < -0.3 is 15.3 Å². The van der Waals surface area contributed by atoms with E-state index in [0.717, 1.165) is 0 Å². The maximum atomic E-state index is 11.0. The molecular weight excluding hydrogens is 144 g/mol.